The molecule has 25 heavy (non-hydrogen) atoms. The van der Waals surface area contributed by atoms with Crippen molar-refractivity contribution in [1.29, 1.82) is 0 Å². The van der Waals surface area contributed by atoms with Gasteiger partial charge in [-0.2, -0.15) is 0 Å². The number of urea groups is 1. The van der Waals surface area contributed by atoms with Crippen molar-refractivity contribution in [3.63, 3.8) is 0 Å². The molecule has 0 fully saturated rings. The Morgan fingerprint density at radius 2 is 1.84 bits per heavy atom. The largest absolute Gasteiger partial charge is 0.493 e. The molecule has 5 nitrogen and oxygen atoms in total. The zero-order chi connectivity index (χ0) is 18.2. The van der Waals surface area contributed by atoms with Crippen molar-refractivity contribution >= 4 is 6.03 Å². The lowest BCUT2D eigenvalue weighted by Gasteiger charge is -2.18. The lowest BCUT2D eigenvalue weighted by molar-refractivity contribution is 0.209. The number of amides is 2. The van der Waals surface area contributed by atoms with Crippen LogP contribution < -0.4 is 14.8 Å². The van der Waals surface area contributed by atoms with Crippen LogP contribution in [0.1, 0.15) is 11.1 Å². The van der Waals surface area contributed by atoms with Crippen LogP contribution in [0.4, 0.5) is 9.18 Å². The molecule has 0 unspecified atom stereocenters. The number of nitrogens with zero attached hydrogens (tertiary/aromatic N) is 1. The average Bonchev–Trinajstić information content (AvgIpc) is 2.64. The summed E-state index contributed by atoms with van der Waals surface area (Å²) in [5.74, 6) is 1.00. The second kappa shape index (κ2) is 8.92. The molecule has 0 heterocycles. The van der Waals surface area contributed by atoms with Gasteiger partial charge in [-0.15, -0.1) is 0 Å². The van der Waals surface area contributed by atoms with Crippen LogP contribution >= 0.6 is 0 Å². The predicted octanol–water partition coefficient (Wildman–Crippen LogP) is 3.23. The van der Waals surface area contributed by atoms with Crippen LogP contribution in [-0.2, 0) is 13.0 Å². The Morgan fingerprint density at radius 3 is 2.52 bits per heavy atom. The van der Waals surface area contributed by atoms with E-state index in [0.29, 0.717) is 30.0 Å². The van der Waals surface area contributed by atoms with E-state index in [9.17, 15) is 9.18 Å². The molecule has 0 aliphatic heterocycles. The Balaban J connectivity index is 1.86. The summed E-state index contributed by atoms with van der Waals surface area (Å²) in [5.41, 5.74) is 1.50. The van der Waals surface area contributed by atoms with E-state index in [0.717, 1.165) is 5.56 Å². The molecular weight excluding hydrogens is 323 g/mol. The number of halogens is 1. The lowest BCUT2D eigenvalue weighted by atomic mass is 10.1. The predicted molar refractivity (Wildman–Crippen MR) is 94.5 cm³/mol. The molecule has 0 radical (unpaired) electrons. The summed E-state index contributed by atoms with van der Waals surface area (Å²) in [7, 11) is 4.88. The molecule has 2 aromatic carbocycles. The van der Waals surface area contributed by atoms with Gasteiger partial charge in [0.2, 0.25) is 0 Å². The van der Waals surface area contributed by atoms with Crippen LogP contribution in [0.2, 0.25) is 0 Å². The molecule has 0 saturated heterocycles. The molecule has 1 N–H and O–H groups in total. The first kappa shape index (κ1) is 18.6. The van der Waals surface area contributed by atoms with Crippen molar-refractivity contribution in [2.75, 3.05) is 27.8 Å². The molecule has 6 heteroatoms. The van der Waals surface area contributed by atoms with Crippen LogP contribution in [0.15, 0.2) is 42.5 Å². The minimum atomic E-state index is -0.323. The first-order valence-electron chi connectivity index (χ1n) is 7.98. The van der Waals surface area contributed by atoms with Gasteiger partial charge in [-0.25, -0.2) is 9.18 Å². The number of hydrogen-bond acceptors (Lipinski definition) is 3. The minimum absolute atomic E-state index is 0.159. The van der Waals surface area contributed by atoms with Gasteiger partial charge in [0.15, 0.2) is 11.5 Å². The Morgan fingerprint density at radius 1 is 1.12 bits per heavy atom. The molecule has 0 bridgehead atoms. The minimum Gasteiger partial charge on any atom is -0.493 e. The number of benzene rings is 2. The standard InChI is InChI=1S/C19H23FN2O3/c1-22(19(23)21-13-15-6-4-5-7-16(15)20)11-10-14-8-9-17(24-2)18(12-14)25-3/h4-9,12H,10-11,13H2,1-3H3,(H,21,23). The van der Waals surface area contributed by atoms with Crippen molar-refractivity contribution in [3.8, 4) is 11.5 Å². The zero-order valence-electron chi connectivity index (χ0n) is 14.7. The van der Waals surface area contributed by atoms with E-state index in [1.807, 2.05) is 18.2 Å². The lowest BCUT2D eigenvalue weighted by Crippen LogP contribution is -2.38. The highest BCUT2D eigenvalue weighted by molar-refractivity contribution is 5.73. The fourth-order valence-electron chi connectivity index (χ4n) is 2.38. The van der Waals surface area contributed by atoms with Crippen molar-refractivity contribution in [1.82, 2.24) is 10.2 Å². The van der Waals surface area contributed by atoms with Gasteiger partial charge < -0.3 is 19.7 Å². The Bertz CT molecular complexity index is 722. The third kappa shape index (κ3) is 5.11. The smallest absolute Gasteiger partial charge is 0.317 e. The Hall–Kier alpha value is -2.76. The van der Waals surface area contributed by atoms with E-state index in [-0.39, 0.29) is 18.4 Å². The molecule has 0 aliphatic carbocycles. The number of ether oxygens (including phenoxy) is 2. The van der Waals surface area contributed by atoms with Crippen LogP contribution in [0.25, 0.3) is 0 Å². The fraction of sp³-hybridized carbons (Fsp3) is 0.316. The third-order valence-corrected chi connectivity index (χ3v) is 3.92. The van der Waals surface area contributed by atoms with Gasteiger partial charge in [-0.3, -0.25) is 0 Å². The summed E-state index contributed by atoms with van der Waals surface area (Å²) >= 11 is 0. The highest BCUT2D eigenvalue weighted by Crippen LogP contribution is 2.27. The molecule has 2 aromatic rings. The van der Waals surface area contributed by atoms with Gasteiger partial charge >= 0.3 is 6.03 Å². The second-order valence-electron chi connectivity index (χ2n) is 5.61. The maximum absolute atomic E-state index is 13.6. The average molecular weight is 346 g/mol. The van der Waals surface area contributed by atoms with Crippen molar-refractivity contribution < 1.29 is 18.7 Å². The normalized spacial score (nSPS) is 10.2. The van der Waals surface area contributed by atoms with E-state index in [1.165, 1.54) is 6.07 Å². The van der Waals surface area contributed by atoms with Crippen LogP contribution in [-0.4, -0.2) is 38.7 Å². The second-order valence-corrected chi connectivity index (χ2v) is 5.61. The monoisotopic (exact) mass is 346 g/mol. The quantitative estimate of drug-likeness (QED) is 0.837. The first-order chi connectivity index (χ1) is 12.0. The highest BCUT2D eigenvalue weighted by Gasteiger charge is 2.10. The molecule has 2 rings (SSSR count). The van der Waals surface area contributed by atoms with Crippen LogP contribution in [0.5, 0.6) is 11.5 Å². The number of nitrogens with one attached hydrogen (secondary N) is 1. The summed E-state index contributed by atoms with van der Waals surface area (Å²) in [6.45, 7) is 0.685. The maximum atomic E-state index is 13.6. The van der Waals surface area contributed by atoms with Crippen molar-refractivity contribution in [2.45, 2.75) is 13.0 Å². The van der Waals surface area contributed by atoms with Gasteiger partial charge in [0.1, 0.15) is 5.82 Å². The molecular formula is C19H23FN2O3. The molecule has 0 spiro atoms. The topological polar surface area (TPSA) is 50.8 Å². The molecule has 134 valence electrons. The number of likely N-dealkylation sites (N-methyl/N-ethyl adjacent to an activating group) is 1. The SMILES string of the molecule is COc1ccc(CCN(C)C(=O)NCc2ccccc2F)cc1OC. The van der Waals surface area contributed by atoms with Crippen molar-refractivity contribution in [3.05, 3.63) is 59.4 Å². The summed E-state index contributed by atoms with van der Waals surface area (Å²) in [5, 5.41) is 2.72. The van der Waals surface area contributed by atoms with Gasteiger partial charge in [0.25, 0.3) is 0 Å². The first-order valence-corrected chi connectivity index (χ1v) is 7.98. The van der Waals surface area contributed by atoms with E-state index in [2.05, 4.69) is 5.32 Å². The summed E-state index contributed by atoms with van der Waals surface area (Å²) in [6, 6.07) is 11.8. The fourth-order valence-corrected chi connectivity index (χ4v) is 2.38. The van der Waals surface area contributed by atoms with Crippen molar-refractivity contribution in [2.24, 2.45) is 0 Å². The highest BCUT2D eigenvalue weighted by atomic mass is 19.1. The van der Waals surface area contributed by atoms with Gasteiger partial charge in [0, 0.05) is 25.7 Å². The molecule has 0 atom stereocenters. The molecule has 2 amide bonds. The number of carbonyl (C=O) groups is 1. The number of methoxy groups -OCH3 is 2. The number of hydrogen-bond donors (Lipinski definition) is 1. The molecule has 0 aliphatic rings. The van der Waals surface area contributed by atoms with Gasteiger partial charge in [-0.05, 0) is 30.2 Å². The third-order valence-electron chi connectivity index (χ3n) is 3.92. The summed E-state index contributed by atoms with van der Waals surface area (Å²) < 4.78 is 24.0. The Kier molecular flexibility index (Phi) is 6.62. The Labute approximate surface area is 147 Å². The van der Waals surface area contributed by atoms with Crippen LogP contribution in [0.3, 0.4) is 0 Å². The number of rotatable bonds is 7. The maximum Gasteiger partial charge on any atom is 0.317 e. The van der Waals surface area contributed by atoms with E-state index < -0.39 is 0 Å². The number of carbonyl (C=O) groups excluding carboxylic acids is 1. The molecule has 0 saturated carbocycles. The van der Waals surface area contributed by atoms with E-state index >= 15 is 0 Å². The van der Waals surface area contributed by atoms with E-state index in [4.69, 9.17) is 9.47 Å². The van der Waals surface area contributed by atoms with Gasteiger partial charge in [0.05, 0.1) is 14.2 Å². The summed E-state index contributed by atoms with van der Waals surface area (Å²) in [4.78, 5) is 13.7. The van der Waals surface area contributed by atoms with E-state index in [1.54, 1.807) is 44.4 Å². The zero-order valence-corrected chi connectivity index (χ0v) is 14.7. The van der Waals surface area contributed by atoms with Gasteiger partial charge in [-0.1, -0.05) is 24.3 Å². The molecule has 0 aromatic heterocycles. The van der Waals surface area contributed by atoms with Crippen LogP contribution in [0, 0.1) is 5.82 Å². The summed E-state index contributed by atoms with van der Waals surface area (Å²) in [6.07, 6.45) is 0.671.